The fourth-order valence-corrected chi connectivity index (χ4v) is 17.1. The number of imidazole rings is 1. The Labute approximate surface area is 827 Å². The van der Waals surface area contributed by atoms with Crippen LogP contribution in [-0.2, 0) is 112 Å². The maximum absolute atomic E-state index is 15.5. The number of carboxylic acids is 2. The number of H-pyrrole nitrogens is 2. The van der Waals surface area contributed by atoms with Crippen molar-refractivity contribution in [3.8, 4) is 16.9 Å². The van der Waals surface area contributed by atoms with Crippen molar-refractivity contribution in [2.24, 2.45) is 35.1 Å². The Morgan fingerprint density at radius 2 is 1.07 bits per heavy atom. The Hall–Kier alpha value is -13.9. The van der Waals surface area contributed by atoms with E-state index in [1.165, 1.54) is 57.7 Å². The van der Waals surface area contributed by atoms with Crippen molar-refractivity contribution < 1.29 is 111 Å². The quantitative estimate of drug-likeness (QED) is 0.0304. The minimum atomic E-state index is -2.23. The molecule has 1 aliphatic heterocycles. The zero-order valence-electron chi connectivity index (χ0n) is 81.8. The number of carbonyl (C=O) groups excluding carboxylic acids is 16. The number of nitrogens with two attached hydrogens (primary N) is 2. The molecule has 44 heteroatoms. The lowest BCUT2D eigenvalue weighted by Gasteiger charge is -2.34. The van der Waals surface area contributed by atoms with Gasteiger partial charge >= 0.3 is 11.9 Å². The van der Waals surface area contributed by atoms with Crippen LogP contribution in [0.25, 0.3) is 22.0 Å². The normalized spacial score (nSPS) is 24.1. The van der Waals surface area contributed by atoms with Gasteiger partial charge in [0.15, 0.2) is 6.61 Å². The first-order valence-corrected chi connectivity index (χ1v) is 48.7. The summed E-state index contributed by atoms with van der Waals surface area (Å²) in [7, 11) is 1.31. The lowest BCUT2D eigenvalue weighted by atomic mass is 9.84. The number of thioether (sulfide) groups is 1. The molecule has 772 valence electrons. The number of rotatable bonds is 28. The largest absolute Gasteiger partial charge is 0.482 e. The highest BCUT2D eigenvalue weighted by Gasteiger charge is 2.44. The molecule has 8 rings (SSSR count). The van der Waals surface area contributed by atoms with Crippen LogP contribution in [0.1, 0.15) is 163 Å². The number of carboxylic acid groups (broad SMARTS) is 2. The van der Waals surface area contributed by atoms with Gasteiger partial charge in [-0.15, -0.1) is 11.8 Å². The standard InChI is InChI=1S/C98H136N20O23S/c1-13-53(6)80-97(139)118(12)55(8)84(126)107-68(38-51(2)3)86(128)106-67(36-37-99)85(127)108-71(39-57-22-16-14-17-23-57)92(134)117-82(98(10,11)140)96(138)116-81(56(9)119)95(137)113-75(93(135)104-54(7)83(100)125)48-142-49-76(120)105-73(43-63-46-101-50-103-63)88(130)109-69(41-59-30-34-64(35-31-59)141-47-78(123)124)87(129)111-74(44-77(121)122)89(131)110-72(42-62-45-102-66-27-21-20-26-65(62)66)91(133)114-79(52(4)5)94(136)112-70(90(132)115-80)40-58-28-32-61(33-29-58)60-24-18-15-19-25-60/h15,18-21,24-35,45-46,50-57,67-75,79-82,102,119,140H,13-14,16-17,22-23,36-44,47-49,99H2,1-12H3,(H2,100,125)(H,101,103)(H,104,135)(H,105,120)(H,106,128)(H,107,126)(H,108,127)(H,109,130)(H,110,131)(H,111,129)(H,112,136)(H,113,137)(H,114,133)(H,115,132)(H,116,138)(H,117,134)(H,121,122)(H,123,124)/t53?,54-,55+,56?,67+,68-,69+,70+,71+,72+,73+,74+,75+,79+,80+,81+,82-/m1/s1. The molecule has 16 amide bonds. The number of aromatic amines is 2. The summed E-state index contributed by atoms with van der Waals surface area (Å²) in [5, 5.41) is 80.0. The van der Waals surface area contributed by atoms with Gasteiger partial charge in [-0.2, -0.15) is 0 Å². The number of aliphatic hydroxyl groups excluding tert-OH is 1. The van der Waals surface area contributed by atoms with E-state index in [2.05, 4.69) is 89.4 Å². The summed E-state index contributed by atoms with van der Waals surface area (Å²) in [6.45, 7) is 15.1. The number of amides is 16. The molecule has 2 aromatic heterocycles. The number of aromatic nitrogens is 3. The summed E-state index contributed by atoms with van der Waals surface area (Å²) >= 11 is 0.657. The molecule has 43 nitrogen and oxygen atoms in total. The van der Waals surface area contributed by atoms with Crippen LogP contribution in [0.15, 0.2) is 122 Å². The van der Waals surface area contributed by atoms with E-state index in [1.807, 2.05) is 30.3 Å². The summed E-state index contributed by atoms with van der Waals surface area (Å²) in [6, 6.07) is 3.74. The number of primary amides is 1. The number of benzene rings is 4. The molecule has 17 atom stereocenters. The van der Waals surface area contributed by atoms with Crippen molar-refractivity contribution in [1.29, 1.82) is 0 Å². The number of ether oxygens (including phenoxy) is 1. The van der Waals surface area contributed by atoms with Gasteiger partial charge in [0.05, 0.1) is 35.9 Å². The molecule has 1 saturated heterocycles. The molecule has 3 heterocycles. The fraction of sp³-hybridized carbons (Fsp3) is 0.520. The molecule has 1 aliphatic carbocycles. The first kappa shape index (κ1) is 113. The van der Waals surface area contributed by atoms with Crippen LogP contribution in [0.4, 0.5) is 0 Å². The highest BCUT2D eigenvalue weighted by Crippen LogP contribution is 2.30. The van der Waals surface area contributed by atoms with Gasteiger partial charge in [-0.3, -0.25) is 81.5 Å². The van der Waals surface area contributed by atoms with Crippen LogP contribution in [0.5, 0.6) is 5.75 Å². The zero-order valence-corrected chi connectivity index (χ0v) is 82.6. The van der Waals surface area contributed by atoms with Gasteiger partial charge in [0, 0.05) is 61.8 Å². The van der Waals surface area contributed by atoms with E-state index in [9.17, 15) is 68.4 Å². The number of para-hydroxylation sites is 1. The highest BCUT2D eigenvalue weighted by molar-refractivity contribution is 8.00. The van der Waals surface area contributed by atoms with Crippen LogP contribution in [0.3, 0.4) is 0 Å². The number of hydrogen-bond acceptors (Lipinski definition) is 24. The number of hydrogen-bond donors (Lipinski definition) is 22. The number of nitrogens with one attached hydrogen (secondary N) is 16. The Balaban J connectivity index is 1.22. The van der Waals surface area contributed by atoms with Crippen LogP contribution in [0, 0.1) is 23.7 Å². The second kappa shape index (κ2) is 54.2. The first-order chi connectivity index (χ1) is 67.2. The molecule has 1 saturated carbocycles. The minimum Gasteiger partial charge on any atom is -0.482 e. The number of likely N-dealkylation sites (N-methyl/N-ethyl adjacent to an activating group) is 1. The van der Waals surface area contributed by atoms with Gasteiger partial charge < -0.3 is 126 Å². The molecule has 2 unspecified atom stereocenters. The molecule has 0 radical (unpaired) electrons. The van der Waals surface area contributed by atoms with E-state index >= 15 is 38.4 Å². The summed E-state index contributed by atoms with van der Waals surface area (Å²) in [5.41, 5.74) is 13.0. The Bertz CT molecular complexity index is 5360. The third-order valence-electron chi connectivity index (χ3n) is 24.8. The van der Waals surface area contributed by atoms with E-state index in [0.29, 0.717) is 46.6 Å². The van der Waals surface area contributed by atoms with Gasteiger partial charge in [-0.05, 0) is 130 Å². The monoisotopic (exact) mass is 1990 g/mol. The highest BCUT2D eigenvalue weighted by atomic mass is 32.2. The van der Waals surface area contributed by atoms with Crippen LogP contribution < -0.4 is 90.6 Å². The van der Waals surface area contributed by atoms with E-state index in [0.717, 1.165) is 56.1 Å². The zero-order chi connectivity index (χ0) is 105. The number of aliphatic hydroxyl groups is 2. The van der Waals surface area contributed by atoms with Gasteiger partial charge in [-0.25, -0.2) is 9.78 Å². The number of aliphatic carboxylic acids is 2. The molecule has 2 fully saturated rings. The van der Waals surface area contributed by atoms with Crippen LogP contribution >= 0.6 is 11.8 Å². The maximum atomic E-state index is 15.5. The van der Waals surface area contributed by atoms with Gasteiger partial charge in [0.1, 0.15) is 96.4 Å². The summed E-state index contributed by atoms with van der Waals surface area (Å²) in [5.74, 6) is -22.9. The van der Waals surface area contributed by atoms with Crippen molar-refractivity contribution in [2.75, 3.05) is 31.7 Å². The average Bonchev–Trinajstić information content (AvgIpc) is 1.63. The Morgan fingerprint density at radius 3 is 1.64 bits per heavy atom. The maximum Gasteiger partial charge on any atom is 0.341 e. The predicted octanol–water partition coefficient (Wildman–Crippen LogP) is -0.128. The van der Waals surface area contributed by atoms with Gasteiger partial charge in [-0.1, -0.05) is 165 Å². The first-order valence-electron chi connectivity index (χ1n) is 47.5. The summed E-state index contributed by atoms with van der Waals surface area (Å²) in [4.78, 5) is 273. The minimum absolute atomic E-state index is 0.0389. The molecule has 6 aromatic rings. The van der Waals surface area contributed by atoms with E-state index in [1.54, 1.807) is 96.3 Å². The van der Waals surface area contributed by atoms with Crippen molar-refractivity contribution in [2.45, 2.75) is 268 Å². The average molecular weight is 1990 g/mol. The van der Waals surface area contributed by atoms with Crippen molar-refractivity contribution >= 4 is 129 Å². The lowest BCUT2D eigenvalue weighted by molar-refractivity contribution is -0.143. The molecular weight excluding hydrogens is 1860 g/mol. The van der Waals surface area contributed by atoms with Crippen molar-refractivity contribution in [3.63, 3.8) is 0 Å². The number of nitrogens with zero attached hydrogens (tertiary/aromatic N) is 2. The third kappa shape index (κ3) is 34.5. The van der Waals surface area contributed by atoms with Crippen LogP contribution in [-0.4, -0.2) is 281 Å². The number of carbonyl (C=O) groups is 18. The third-order valence-corrected chi connectivity index (χ3v) is 25.8. The van der Waals surface area contributed by atoms with E-state index in [-0.39, 0.29) is 73.9 Å². The lowest BCUT2D eigenvalue weighted by Crippen LogP contribution is -2.65. The second-order valence-electron chi connectivity index (χ2n) is 37.5. The SMILES string of the molecule is CCC(C)[C@@H]1NC(=O)[C@H](Cc2ccc(-c3ccccc3)cc2)NC(=O)[C@H](C(C)C)NC(=O)[C@H](Cc2c[nH]c3ccccc23)NC(=O)[C@H](CC(=O)O)NC(=O)[C@H](Cc2ccc(OCC(=O)O)cc2)NC(=O)[C@H](Cc2c[nH]cn2)NC(=O)CSC[C@@H](C(=O)N[C@H](C)C(N)=O)NC(=O)[C@H](C(C)O)NC(=O)[C@H](C(C)(C)O)NC(=O)[C@H](CC2CCCCC2)NC(=O)[C@H](CCN)NC(=O)[C@@H](CC(C)C)NC(=O)[C@H](C)N(C)C1=O. The fourth-order valence-electron chi connectivity index (χ4n) is 16.3. The van der Waals surface area contributed by atoms with Gasteiger partial charge in [0.2, 0.25) is 94.5 Å². The Kier molecular flexibility index (Phi) is 43.3. The molecule has 24 N–H and O–H groups in total. The van der Waals surface area contributed by atoms with Crippen molar-refractivity contribution in [3.05, 3.63) is 144 Å². The molecule has 142 heavy (non-hydrogen) atoms. The second-order valence-corrected chi connectivity index (χ2v) is 38.5. The topological polar surface area (TPSA) is 666 Å². The van der Waals surface area contributed by atoms with E-state index < -0.39 is 258 Å². The Morgan fingerprint density at radius 1 is 0.556 bits per heavy atom. The molecule has 0 bridgehead atoms. The smallest absolute Gasteiger partial charge is 0.341 e. The van der Waals surface area contributed by atoms with Crippen LogP contribution in [0.2, 0.25) is 0 Å². The molecule has 0 spiro atoms. The van der Waals surface area contributed by atoms with Crippen molar-refractivity contribution in [1.82, 2.24) is 94.3 Å². The molecule has 2 aliphatic rings. The summed E-state index contributed by atoms with van der Waals surface area (Å²) in [6.07, 6.45) is 3.12. The van der Waals surface area contributed by atoms with E-state index in [4.69, 9.17) is 16.2 Å². The predicted molar refractivity (Wildman–Crippen MR) is 523 cm³/mol. The number of fused-ring (bicyclic) bond motifs is 1. The van der Waals surface area contributed by atoms with Gasteiger partial charge in [0.25, 0.3) is 0 Å². The molecule has 4 aromatic carbocycles. The molecular formula is C98H136N20O23S. The summed E-state index contributed by atoms with van der Waals surface area (Å²) < 4.78 is 5.33.